The molecule has 0 spiro atoms. The number of thiocarbonyl (C=S) groups is 1. The molecule has 1 amide bonds. The first-order valence-electron chi connectivity index (χ1n) is 8.63. The number of aromatic nitrogens is 1. The summed E-state index contributed by atoms with van der Waals surface area (Å²) < 4.78 is 5.79. The number of hydrogen-bond acceptors (Lipinski definition) is 4. The molecule has 0 radical (unpaired) electrons. The smallest absolute Gasteiger partial charge is 0.258 e. The fourth-order valence-corrected chi connectivity index (χ4v) is 3.56. The van der Waals surface area contributed by atoms with Crippen LogP contribution in [0.3, 0.4) is 0 Å². The first-order chi connectivity index (χ1) is 14.4. The number of nitrogens with zero attached hydrogens (tertiary/aromatic N) is 1. The maximum Gasteiger partial charge on any atom is 0.258 e. The van der Waals surface area contributed by atoms with E-state index in [1.54, 1.807) is 60.7 Å². The molecule has 5 nitrogen and oxygen atoms in total. The van der Waals surface area contributed by atoms with Crippen LogP contribution >= 0.6 is 47.0 Å². The van der Waals surface area contributed by atoms with Crippen molar-refractivity contribution >= 4 is 74.8 Å². The van der Waals surface area contributed by atoms with E-state index in [-0.39, 0.29) is 5.11 Å². The first kappa shape index (κ1) is 20.6. The van der Waals surface area contributed by atoms with E-state index in [0.29, 0.717) is 48.9 Å². The Morgan fingerprint density at radius 3 is 2.57 bits per heavy atom. The second-order valence-electron chi connectivity index (χ2n) is 6.21. The Kier molecular flexibility index (Phi) is 5.92. The number of benzene rings is 3. The molecule has 0 aliphatic carbocycles. The van der Waals surface area contributed by atoms with Gasteiger partial charge in [0.05, 0.1) is 21.2 Å². The van der Waals surface area contributed by atoms with E-state index in [9.17, 15) is 4.79 Å². The molecule has 0 saturated carbocycles. The molecule has 0 aliphatic rings. The van der Waals surface area contributed by atoms with Gasteiger partial charge in [-0.1, -0.05) is 46.9 Å². The summed E-state index contributed by atoms with van der Waals surface area (Å²) in [5.74, 6) is -0.0740. The van der Waals surface area contributed by atoms with E-state index in [2.05, 4.69) is 15.6 Å². The average Bonchev–Trinajstić information content (AvgIpc) is 3.12. The molecule has 0 unspecified atom stereocenters. The Balaban J connectivity index is 1.54. The molecule has 4 aromatic rings. The van der Waals surface area contributed by atoms with Gasteiger partial charge in [0.15, 0.2) is 10.7 Å². The maximum absolute atomic E-state index is 12.4. The number of rotatable bonds is 3. The highest BCUT2D eigenvalue weighted by molar-refractivity contribution is 7.80. The summed E-state index contributed by atoms with van der Waals surface area (Å²) in [6, 6.07) is 17.0. The summed E-state index contributed by atoms with van der Waals surface area (Å²) in [7, 11) is 0. The second kappa shape index (κ2) is 8.62. The fourth-order valence-electron chi connectivity index (χ4n) is 2.76. The standard InChI is InChI=1S/C21H12Cl3N3O2S/c22-11-5-8-18-17(9-11)26-20(29-18)14-10-12(6-7-16(14)24)25-21(30)27-19(28)13-3-1-2-4-15(13)23/h1-10H,(H2,25,27,28,30). The Bertz CT molecular complexity index is 1290. The third kappa shape index (κ3) is 4.42. The number of oxazole rings is 1. The summed E-state index contributed by atoms with van der Waals surface area (Å²) in [5, 5.41) is 7.00. The van der Waals surface area contributed by atoms with Crippen LogP contribution in [0, 0.1) is 0 Å². The van der Waals surface area contributed by atoms with Gasteiger partial charge in [-0.3, -0.25) is 10.1 Å². The lowest BCUT2D eigenvalue weighted by Gasteiger charge is -2.11. The van der Waals surface area contributed by atoms with Crippen LogP contribution in [0.4, 0.5) is 5.69 Å². The minimum absolute atomic E-state index is 0.109. The van der Waals surface area contributed by atoms with Crippen molar-refractivity contribution in [2.24, 2.45) is 0 Å². The molecule has 9 heteroatoms. The van der Waals surface area contributed by atoms with Gasteiger partial charge in [0, 0.05) is 10.7 Å². The zero-order valence-electron chi connectivity index (χ0n) is 15.1. The van der Waals surface area contributed by atoms with Crippen LogP contribution in [0.1, 0.15) is 10.4 Å². The number of carbonyl (C=O) groups excluding carboxylic acids is 1. The zero-order valence-corrected chi connectivity index (χ0v) is 18.2. The van der Waals surface area contributed by atoms with Gasteiger partial charge in [-0.25, -0.2) is 4.98 Å². The Morgan fingerprint density at radius 1 is 0.967 bits per heavy atom. The van der Waals surface area contributed by atoms with Crippen molar-refractivity contribution < 1.29 is 9.21 Å². The number of amides is 1. The van der Waals surface area contributed by atoms with Gasteiger partial charge in [-0.15, -0.1) is 0 Å². The Morgan fingerprint density at radius 2 is 1.77 bits per heavy atom. The molecule has 2 N–H and O–H groups in total. The average molecular weight is 477 g/mol. The monoisotopic (exact) mass is 475 g/mol. The van der Waals surface area contributed by atoms with Gasteiger partial charge in [-0.2, -0.15) is 0 Å². The van der Waals surface area contributed by atoms with Crippen molar-refractivity contribution in [2.45, 2.75) is 0 Å². The van der Waals surface area contributed by atoms with E-state index in [0.717, 1.165) is 0 Å². The summed E-state index contributed by atoms with van der Waals surface area (Å²) in [6.07, 6.45) is 0. The van der Waals surface area contributed by atoms with Crippen molar-refractivity contribution in [3.05, 3.63) is 81.3 Å². The number of fused-ring (bicyclic) bond motifs is 1. The SMILES string of the molecule is O=C(NC(=S)Nc1ccc(Cl)c(-c2nc3cc(Cl)ccc3o2)c1)c1ccccc1Cl. The van der Waals surface area contributed by atoms with Crippen molar-refractivity contribution in [2.75, 3.05) is 5.32 Å². The predicted octanol–water partition coefficient (Wildman–Crippen LogP) is 6.58. The van der Waals surface area contributed by atoms with E-state index in [1.807, 2.05) is 0 Å². The highest BCUT2D eigenvalue weighted by Gasteiger charge is 2.15. The lowest BCUT2D eigenvalue weighted by Crippen LogP contribution is -2.34. The minimum Gasteiger partial charge on any atom is -0.436 e. The molecule has 0 aliphatic heterocycles. The van der Waals surface area contributed by atoms with Gasteiger partial charge < -0.3 is 9.73 Å². The number of anilines is 1. The molecule has 4 rings (SSSR count). The highest BCUT2D eigenvalue weighted by atomic mass is 35.5. The van der Waals surface area contributed by atoms with Gasteiger partial charge in [-0.05, 0) is 60.7 Å². The molecule has 1 heterocycles. The number of nitrogens with one attached hydrogen (secondary N) is 2. The molecular formula is C21H12Cl3N3O2S. The van der Waals surface area contributed by atoms with Gasteiger partial charge in [0.1, 0.15) is 5.52 Å². The molecule has 30 heavy (non-hydrogen) atoms. The lowest BCUT2D eigenvalue weighted by atomic mass is 10.2. The van der Waals surface area contributed by atoms with E-state index >= 15 is 0 Å². The van der Waals surface area contributed by atoms with Gasteiger partial charge in [0.2, 0.25) is 5.89 Å². The molecule has 0 bridgehead atoms. The van der Waals surface area contributed by atoms with Crippen LogP contribution in [-0.4, -0.2) is 16.0 Å². The lowest BCUT2D eigenvalue weighted by molar-refractivity contribution is 0.0978. The summed E-state index contributed by atoms with van der Waals surface area (Å²) in [6.45, 7) is 0. The molecule has 0 saturated heterocycles. The molecule has 150 valence electrons. The summed E-state index contributed by atoms with van der Waals surface area (Å²) in [5.41, 5.74) is 2.69. The largest absolute Gasteiger partial charge is 0.436 e. The number of hydrogen-bond donors (Lipinski definition) is 2. The van der Waals surface area contributed by atoms with E-state index in [4.69, 9.17) is 51.4 Å². The quantitative estimate of drug-likeness (QED) is 0.327. The molecule has 1 aromatic heterocycles. The summed E-state index contributed by atoms with van der Waals surface area (Å²) >= 11 is 23.6. The van der Waals surface area contributed by atoms with Gasteiger partial charge in [0.25, 0.3) is 5.91 Å². The van der Waals surface area contributed by atoms with Crippen molar-refractivity contribution in [1.82, 2.24) is 10.3 Å². The van der Waals surface area contributed by atoms with Crippen LogP contribution in [0.2, 0.25) is 15.1 Å². The maximum atomic E-state index is 12.4. The Hall–Kier alpha value is -2.64. The molecular weight excluding hydrogens is 465 g/mol. The second-order valence-corrected chi connectivity index (χ2v) is 7.87. The molecule has 3 aromatic carbocycles. The van der Waals surface area contributed by atoms with Crippen LogP contribution in [0.25, 0.3) is 22.6 Å². The van der Waals surface area contributed by atoms with Crippen LogP contribution < -0.4 is 10.6 Å². The van der Waals surface area contributed by atoms with Crippen molar-refractivity contribution in [3.63, 3.8) is 0 Å². The fraction of sp³-hybridized carbons (Fsp3) is 0. The Labute approximate surface area is 192 Å². The first-order valence-corrected chi connectivity index (χ1v) is 10.2. The van der Waals surface area contributed by atoms with Crippen LogP contribution in [0.5, 0.6) is 0 Å². The normalized spacial score (nSPS) is 10.8. The zero-order chi connectivity index (χ0) is 21.3. The number of carbonyl (C=O) groups is 1. The van der Waals surface area contributed by atoms with E-state index < -0.39 is 5.91 Å². The van der Waals surface area contributed by atoms with Crippen molar-refractivity contribution in [1.29, 1.82) is 0 Å². The predicted molar refractivity (Wildman–Crippen MR) is 125 cm³/mol. The van der Waals surface area contributed by atoms with Crippen molar-refractivity contribution in [3.8, 4) is 11.5 Å². The molecule has 0 fully saturated rings. The number of halogens is 3. The van der Waals surface area contributed by atoms with Gasteiger partial charge >= 0.3 is 0 Å². The topological polar surface area (TPSA) is 67.2 Å². The third-order valence-corrected chi connectivity index (χ3v) is 5.25. The minimum atomic E-state index is -0.414. The third-order valence-electron chi connectivity index (χ3n) is 4.15. The van der Waals surface area contributed by atoms with Crippen LogP contribution in [0.15, 0.2) is 65.1 Å². The van der Waals surface area contributed by atoms with Crippen LogP contribution in [-0.2, 0) is 0 Å². The van der Waals surface area contributed by atoms with E-state index in [1.165, 1.54) is 0 Å². The molecule has 0 atom stereocenters. The highest BCUT2D eigenvalue weighted by Crippen LogP contribution is 2.33. The summed E-state index contributed by atoms with van der Waals surface area (Å²) in [4.78, 5) is 16.8.